The average Bonchev–Trinajstić information content (AvgIpc) is 3.13. The number of sulfone groups is 1. The van der Waals surface area contributed by atoms with Crippen LogP contribution in [0.3, 0.4) is 0 Å². The smallest absolute Gasteiger partial charge is 0.274 e. The van der Waals surface area contributed by atoms with Crippen molar-refractivity contribution in [3.05, 3.63) is 30.1 Å². The van der Waals surface area contributed by atoms with Crippen LogP contribution in [-0.4, -0.2) is 61.0 Å². The second kappa shape index (κ2) is 6.10. The number of carbonyl (C=O) groups excluding carboxylic acids is 1. The maximum Gasteiger partial charge on any atom is 0.274 e. The van der Waals surface area contributed by atoms with Gasteiger partial charge in [0.2, 0.25) is 15.0 Å². The first-order chi connectivity index (χ1) is 11.9. The lowest BCUT2D eigenvalue weighted by Crippen LogP contribution is -2.33. The van der Waals surface area contributed by atoms with Crippen molar-refractivity contribution < 1.29 is 13.2 Å². The van der Waals surface area contributed by atoms with Gasteiger partial charge < -0.3 is 10.2 Å². The lowest BCUT2D eigenvalue weighted by Gasteiger charge is -2.20. The van der Waals surface area contributed by atoms with Crippen LogP contribution >= 0.6 is 0 Å². The van der Waals surface area contributed by atoms with Crippen LogP contribution in [-0.2, 0) is 9.84 Å². The molecule has 25 heavy (non-hydrogen) atoms. The maximum absolute atomic E-state index is 13.1. The van der Waals surface area contributed by atoms with Crippen LogP contribution < -0.4 is 5.32 Å². The van der Waals surface area contributed by atoms with E-state index in [-0.39, 0.29) is 16.8 Å². The number of pyridine rings is 1. The number of aromatic nitrogens is 2. The molecule has 4 rings (SSSR count). The largest absolute Gasteiger partial charge is 0.337 e. The molecule has 1 N–H and O–H groups in total. The van der Waals surface area contributed by atoms with Gasteiger partial charge in [0, 0.05) is 25.5 Å². The van der Waals surface area contributed by atoms with Gasteiger partial charge in [0.05, 0.1) is 5.52 Å². The highest BCUT2D eigenvalue weighted by Gasteiger charge is 2.33. The molecule has 2 atom stereocenters. The second-order valence-corrected chi connectivity index (χ2v) is 8.93. The third-order valence-corrected chi connectivity index (χ3v) is 6.31. The second-order valence-electron chi connectivity index (χ2n) is 7.02. The van der Waals surface area contributed by atoms with E-state index in [1.807, 2.05) is 4.90 Å². The van der Waals surface area contributed by atoms with Crippen LogP contribution in [0.15, 0.2) is 29.6 Å². The number of carbonyl (C=O) groups is 1. The summed E-state index contributed by atoms with van der Waals surface area (Å²) in [7, 11) is -3.52. The molecule has 7 nitrogen and oxygen atoms in total. The number of hydrogen-bond donors (Lipinski definition) is 1. The summed E-state index contributed by atoms with van der Waals surface area (Å²) in [6.45, 7) is 3.44. The van der Waals surface area contributed by atoms with E-state index in [4.69, 9.17) is 0 Å². The van der Waals surface area contributed by atoms with Crippen molar-refractivity contribution in [1.29, 1.82) is 0 Å². The summed E-state index contributed by atoms with van der Waals surface area (Å²) in [6, 6.07) is 5.27. The summed E-state index contributed by atoms with van der Waals surface area (Å²) in [5.41, 5.74) is 0.769. The molecule has 0 unspecified atom stereocenters. The lowest BCUT2D eigenvalue weighted by molar-refractivity contribution is 0.0755. The van der Waals surface area contributed by atoms with Crippen LogP contribution in [0.5, 0.6) is 0 Å². The van der Waals surface area contributed by atoms with E-state index in [1.165, 1.54) is 4.40 Å². The molecular weight excluding hydrogens is 340 g/mol. The maximum atomic E-state index is 13.1. The molecule has 0 aliphatic carbocycles. The Labute approximate surface area is 147 Å². The highest BCUT2D eigenvalue weighted by molar-refractivity contribution is 7.90. The van der Waals surface area contributed by atoms with Crippen molar-refractivity contribution in [2.75, 3.05) is 32.4 Å². The Balaban J connectivity index is 1.68. The standard InChI is InChI=1S/C17H22N4O3S/c1-25(23,24)17-19-15(14-4-2-3-7-21(14)17)16(22)20-8-5-12-10-18-11-13(12)6-9-20/h2-4,7,12-13,18H,5-6,8-11H2,1H3/t12-,13+. The SMILES string of the molecule is CS(=O)(=O)c1nc(C(=O)N2CC[C@@H]3CNC[C@@H]3CC2)c2ccccn12. The molecule has 4 heterocycles. The van der Waals surface area contributed by atoms with Gasteiger partial charge in [-0.25, -0.2) is 13.4 Å². The van der Waals surface area contributed by atoms with Gasteiger partial charge >= 0.3 is 0 Å². The minimum absolute atomic E-state index is 0.0812. The van der Waals surface area contributed by atoms with Gasteiger partial charge in [0.25, 0.3) is 5.91 Å². The number of rotatable bonds is 2. The van der Waals surface area contributed by atoms with Gasteiger partial charge in [-0.15, -0.1) is 0 Å². The van der Waals surface area contributed by atoms with Crippen molar-refractivity contribution >= 4 is 21.3 Å². The minimum atomic E-state index is -3.52. The first-order valence-corrected chi connectivity index (χ1v) is 10.5. The number of amides is 1. The zero-order valence-electron chi connectivity index (χ0n) is 14.2. The summed E-state index contributed by atoms with van der Waals surface area (Å²) < 4.78 is 25.5. The molecule has 2 fully saturated rings. The van der Waals surface area contributed by atoms with E-state index in [0.717, 1.165) is 32.2 Å². The number of imidazole rings is 1. The fourth-order valence-electron chi connectivity index (χ4n) is 4.00. The molecule has 0 spiro atoms. The molecule has 1 amide bonds. The van der Waals surface area contributed by atoms with Crippen molar-refractivity contribution in [1.82, 2.24) is 19.6 Å². The molecule has 134 valence electrons. The average molecular weight is 362 g/mol. The van der Waals surface area contributed by atoms with Crippen LogP contribution in [0.25, 0.3) is 5.52 Å². The van der Waals surface area contributed by atoms with Crippen molar-refractivity contribution in [2.24, 2.45) is 11.8 Å². The molecule has 2 aromatic heterocycles. The van der Waals surface area contributed by atoms with E-state index in [9.17, 15) is 13.2 Å². The quantitative estimate of drug-likeness (QED) is 0.855. The molecule has 0 aromatic carbocycles. The number of fused-ring (bicyclic) bond motifs is 2. The fraction of sp³-hybridized carbons (Fsp3) is 0.529. The normalized spacial score (nSPS) is 24.3. The molecule has 0 bridgehead atoms. The number of nitrogens with one attached hydrogen (secondary N) is 1. The van der Waals surface area contributed by atoms with E-state index in [2.05, 4.69) is 10.3 Å². The van der Waals surface area contributed by atoms with E-state index in [0.29, 0.717) is 30.4 Å². The highest BCUT2D eigenvalue weighted by Crippen LogP contribution is 2.28. The number of nitrogens with zero attached hydrogens (tertiary/aromatic N) is 3. The molecule has 2 aromatic rings. The van der Waals surface area contributed by atoms with Crippen molar-refractivity contribution in [3.8, 4) is 0 Å². The summed E-state index contributed by atoms with van der Waals surface area (Å²) in [6.07, 6.45) is 4.71. The molecular formula is C17H22N4O3S. The first kappa shape index (κ1) is 16.5. The zero-order valence-corrected chi connectivity index (χ0v) is 15.0. The zero-order chi connectivity index (χ0) is 17.6. The van der Waals surface area contributed by atoms with Crippen LogP contribution in [0.2, 0.25) is 0 Å². The van der Waals surface area contributed by atoms with Crippen molar-refractivity contribution in [3.63, 3.8) is 0 Å². The predicted molar refractivity (Wildman–Crippen MR) is 93.3 cm³/mol. The van der Waals surface area contributed by atoms with Gasteiger partial charge in [-0.05, 0) is 49.9 Å². The summed E-state index contributed by atoms with van der Waals surface area (Å²) in [4.78, 5) is 19.1. The first-order valence-electron chi connectivity index (χ1n) is 8.62. The summed E-state index contributed by atoms with van der Waals surface area (Å²) in [5, 5.41) is 3.34. The number of hydrogen-bond acceptors (Lipinski definition) is 5. The van der Waals surface area contributed by atoms with Gasteiger partial charge in [0.1, 0.15) is 0 Å². The molecule has 2 aliphatic heterocycles. The third-order valence-electron chi connectivity index (χ3n) is 5.36. The van der Waals surface area contributed by atoms with Gasteiger partial charge in [-0.3, -0.25) is 9.20 Å². The Hall–Kier alpha value is -1.93. The fourth-order valence-corrected chi connectivity index (χ4v) is 4.77. The summed E-state index contributed by atoms with van der Waals surface area (Å²) >= 11 is 0. The predicted octanol–water partition coefficient (Wildman–Crippen LogP) is 0.809. The van der Waals surface area contributed by atoms with Crippen molar-refractivity contribution in [2.45, 2.75) is 18.0 Å². The molecule has 2 aliphatic rings. The van der Waals surface area contributed by atoms with Gasteiger partial charge in [-0.2, -0.15) is 0 Å². The Morgan fingerprint density at radius 2 is 1.88 bits per heavy atom. The van der Waals surface area contributed by atoms with Crippen LogP contribution in [0, 0.1) is 11.8 Å². The Morgan fingerprint density at radius 3 is 2.52 bits per heavy atom. The molecule has 2 saturated heterocycles. The lowest BCUT2D eigenvalue weighted by atomic mass is 9.92. The van der Waals surface area contributed by atoms with E-state index in [1.54, 1.807) is 24.4 Å². The van der Waals surface area contributed by atoms with Gasteiger partial charge in [-0.1, -0.05) is 6.07 Å². The van der Waals surface area contributed by atoms with E-state index < -0.39 is 9.84 Å². The third kappa shape index (κ3) is 2.93. The Kier molecular flexibility index (Phi) is 4.04. The van der Waals surface area contributed by atoms with Crippen LogP contribution in [0.1, 0.15) is 23.3 Å². The highest BCUT2D eigenvalue weighted by atomic mass is 32.2. The van der Waals surface area contributed by atoms with E-state index >= 15 is 0 Å². The van der Waals surface area contributed by atoms with Gasteiger partial charge in [0.15, 0.2) is 5.69 Å². The topological polar surface area (TPSA) is 83.8 Å². The van der Waals surface area contributed by atoms with Crippen LogP contribution in [0.4, 0.5) is 0 Å². The molecule has 0 radical (unpaired) electrons. The summed E-state index contributed by atoms with van der Waals surface area (Å²) in [5.74, 6) is 1.08. The number of likely N-dealkylation sites (tertiary alicyclic amines) is 1. The Morgan fingerprint density at radius 1 is 1.20 bits per heavy atom. The molecule has 0 saturated carbocycles. The Bertz CT molecular complexity index is 907. The monoisotopic (exact) mass is 362 g/mol. The molecule has 8 heteroatoms. The minimum Gasteiger partial charge on any atom is -0.337 e.